The molecule has 0 fully saturated rings. The van der Waals surface area contributed by atoms with Gasteiger partial charge in [-0.25, -0.2) is 0 Å². The fourth-order valence-corrected chi connectivity index (χ4v) is 2.48. The third-order valence-electron chi connectivity index (χ3n) is 3.66. The summed E-state index contributed by atoms with van der Waals surface area (Å²) in [6.07, 6.45) is 3.53. The Hall–Kier alpha value is -3.23. The summed E-state index contributed by atoms with van der Waals surface area (Å²) in [4.78, 5) is 4.19. The van der Waals surface area contributed by atoms with E-state index in [1.165, 1.54) is 0 Å². The van der Waals surface area contributed by atoms with Crippen LogP contribution in [0.5, 0.6) is 5.75 Å². The number of methoxy groups -OCH3 is 1. The van der Waals surface area contributed by atoms with E-state index in [9.17, 15) is 5.26 Å². The van der Waals surface area contributed by atoms with E-state index in [4.69, 9.17) is 20.8 Å². The molecule has 0 aliphatic carbocycles. The largest absolute Gasteiger partial charge is 0.496 e. The van der Waals surface area contributed by atoms with Crippen LogP contribution in [0.3, 0.4) is 0 Å². The molecule has 130 valence electrons. The second-order valence-electron chi connectivity index (χ2n) is 5.40. The van der Waals surface area contributed by atoms with Crippen LogP contribution in [0.15, 0.2) is 52.9 Å². The molecule has 0 amide bonds. The molecule has 0 atom stereocenters. The van der Waals surface area contributed by atoms with Gasteiger partial charge in [0, 0.05) is 23.2 Å². The normalized spacial score (nSPS) is 10.7. The quantitative estimate of drug-likeness (QED) is 0.666. The minimum absolute atomic E-state index is 0.207. The van der Waals surface area contributed by atoms with Gasteiger partial charge in [0.1, 0.15) is 11.8 Å². The number of benzene rings is 2. The van der Waals surface area contributed by atoms with Gasteiger partial charge in [-0.2, -0.15) is 10.2 Å². The van der Waals surface area contributed by atoms with Crippen LogP contribution in [0.2, 0.25) is 5.02 Å². The van der Waals surface area contributed by atoms with Crippen LogP contribution < -0.4 is 10.1 Å². The van der Waals surface area contributed by atoms with E-state index in [-0.39, 0.29) is 5.69 Å². The van der Waals surface area contributed by atoms with Gasteiger partial charge >= 0.3 is 0 Å². The Morgan fingerprint density at radius 2 is 1.96 bits per heavy atom. The van der Waals surface area contributed by atoms with Gasteiger partial charge in [-0.1, -0.05) is 41.9 Å². The molecule has 0 saturated heterocycles. The molecule has 3 aromatic rings. The van der Waals surface area contributed by atoms with Crippen LogP contribution in [0.1, 0.15) is 22.7 Å². The summed E-state index contributed by atoms with van der Waals surface area (Å²) in [6.45, 7) is 0.497. The van der Waals surface area contributed by atoms with Crippen LogP contribution in [0.25, 0.3) is 12.2 Å². The number of nitriles is 1. The summed E-state index contributed by atoms with van der Waals surface area (Å²) in [5, 5.41) is 13.0. The standard InChI is InChI=1S/C20H16ClN3O2/c1-25-18-5-3-2-4-15(18)8-11-19-24-17(12-22)20(26-19)23-13-14-6-9-16(21)10-7-14/h2-11,23H,13H2,1H3. The first-order valence-corrected chi connectivity index (χ1v) is 8.27. The van der Waals surface area contributed by atoms with E-state index >= 15 is 0 Å². The average molecular weight is 366 g/mol. The average Bonchev–Trinajstić information content (AvgIpc) is 3.08. The summed E-state index contributed by atoms with van der Waals surface area (Å²) in [6, 6.07) is 17.1. The van der Waals surface area contributed by atoms with E-state index in [1.807, 2.05) is 60.7 Å². The SMILES string of the molecule is COc1ccccc1C=Cc1nc(C#N)c(NCc2ccc(Cl)cc2)o1. The number of para-hydroxylation sites is 1. The number of ether oxygens (including phenoxy) is 1. The fraction of sp³-hybridized carbons (Fsp3) is 0.100. The molecule has 26 heavy (non-hydrogen) atoms. The van der Waals surface area contributed by atoms with Crippen molar-refractivity contribution in [3.63, 3.8) is 0 Å². The number of nitrogens with one attached hydrogen (secondary N) is 1. The van der Waals surface area contributed by atoms with Gasteiger partial charge in [0.05, 0.1) is 7.11 Å². The Morgan fingerprint density at radius 1 is 1.19 bits per heavy atom. The lowest BCUT2D eigenvalue weighted by Crippen LogP contribution is -1.99. The second kappa shape index (κ2) is 8.24. The minimum Gasteiger partial charge on any atom is -0.496 e. The topological polar surface area (TPSA) is 71.1 Å². The summed E-state index contributed by atoms with van der Waals surface area (Å²) >= 11 is 5.88. The van der Waals surface area contributed by atoms with Crippen LogP contribution in [-0.4, -0.2) is 12.1 Å². The smallest absolute Gasteiger partial charge is 0.232 e. The van der Waals surface area contributed by atoms with E-state index in [1.54, 1.807) is 13.2 Å². The van der Waals surface area contributed by atoms with Crippen molar-refractivity contribution >= 4 is 29.6 Å². The molecule has 0 radical (unpaired) electrons. The number of oxazole rings is 1. The van der Waals surface area contributed by atoms with E-state index in [2.05, 4.69) is 10.3 Å². The van der Waals surface area contributed by atoms with Crippen molar-refractivity contribution in [3.05, 3.63) is 76.3 Å². The lowest BCUT2D eigenvalue weighted by molar-refractivity contribution is 0.414. The van der Waals surface area contributed by atoms with Crippen LogP contribution in [0, 0.1) is 11.3 Å². The van der Waals surface area contributed by atoms with Gasteiger partial charge in [-0.15, -0.1) is 0 Å². The highest BCUT2D eigenvalue weighted by Crippen LogP contribution is 2.22. The van der Waals surface area contributed by atoms with Gasteiger partial charge in [-0.3, -0.25) is 0 Å². The van der Waals surface area contributed by atoms with Crippen molar-refractivity contribution in [1.29, 1.82) is 5.26 Å². The number of rotatable bonds is 6. The van der Waals surface area contributed by atoms with Crippen LogP contribution in [-0.2, 0) is 6.54 Å². The van der Waals surface area contributed by atoms with Crippen LogP contribution >= 0.6 is 11.6 Å². The summed E-state index contributed by atoms with van der Waals surface area (Å²) in [5.41, 5.74) is 2.11. The molecule has 2 aromatic carbocycles. The van der Waals surface area contributed by atoms with Crippen molar-refractivity contribution in [2.45, 2.75) is 6.54 Å². The Morgan fingerprint density at radius 3 is 2.69 bits per heavy atom. The molecular formula is C20H16ClN3O2. The Kier molecular flexibility index (Phi) is 5.57. The zero-order valence-electron chi connectivity index (χ0n) is 14.1. The number of aromatic nitrogens is 1. The zero-order chi connectivity index (χ0) is 18.4. The molecule has 1 N–H and O–H groups in total. The number of hydrogen-bond acceptors (Lipinski definition) is 5. The van der Waals surface area contributed by atoms with E-state index < -0.39 is 0 Å². The molecule has 0 saturated carbocycles. The predicted molar refractivity (Wildman–Crippen MR) is 102 cm³/mol. The lowest BCUT2D eigenvalue weighted by atomic mass is 10.2. The van der Waals surface area contributed by atoms with E-state index in [0.29, 0.717) is 23.3 Å². The van der Waals surface area contributed by atoms with Gasteiger partial charge in [0.25, 0.3) is 0 Å². The third kappa shape index (κ3) is 4.24. The monoisotopic (exact) mass is 365 g/mol. The van der Waals surface area contributed by atoms with Crippen LogP contribution in [0.4, 0.5) is 5.88 Å². The highest BCUT2D eigenvalue weighted by atomic mass is 35.5. The molecule has 0 bridgehead atoms. The van der Waals surface area contributed by atoms with Gasteiger partial charge in [0.2, 0.25) is 17.5 Å². The second-order valence-corrected chi connectivity index (χ2v) is 5.83. The molecule has 0 spiro atoms. The summed E-state index contributed by atoms with van der Waals surface area (Å²) in [5.74, 6) is 1.42. The first-order valence-electron chi connectivity index (χ1n) is 7.90. The van der Waals surface area contributed by atoms with E-state index in [0.717, 1.165) is 16.9 Å². The summed E-state index contributed by atoms with van der Waals surface area (Å²) in [7, 11) is 1.62. The molecule has 6 heteroatoms. The minimum atomic E-state index is 0.207. The third-order valence-corrected chi connectivity index (χ3v) is 3.91. The Labute approximate surface area is 156 Å². The van der Waals surface area contributed by atoms with Crippen molar-refractivity contribution in [2.24, 2.45) is 0 Å². The maximum Gasteiger partial charge on any atom is 0.232 e. The molecule has 3 rings (SSSR count). The van der Waals surface area contributed by atoms with Gasteiger partial charge in [0.15, 0.2) is 0 Å². The molecule has 0 aliphatic heterocycles. The van der Waals surface area contributed by atoms with Gasteiger partial charge in [-0.05, 0) is 29.8 Å². The van der Waals surface area contributed by atoms with Crippen molar-refractivity contribution in [1.82, 2.24) is 4.98 Å². The predicted octanol–water partition coefficient (Wildman–Crippen LogP) is 4.99. The Balaban J connectivity index is 1.75. The van der Waals surface area contributed by atoms with Crippen molar-refractivity contribution in [2.75, 3.05) is 12.4 Å². The summed E-state index contributed by atoms with van der Waals surface area (Å²) < 4.78 is 11.0. The van der Waals surface area contributed by atoms with Crippen molar-refractivity contribution < 1.29 is 9.15 Å². The first kappa shape index (κ1) is 17.6. The van der Waals surface area contributed by atoms with Crippen molar-refractivity contribution in [3.8, 4) is 11.8 Å². The Bertz CT molecular complexity index is 956. The molecule has 1 heterocycles. The molecule has 0 unspecified atom stereocenters. The number of nitrogens with zero attached hydrogens (tertiary/aromatic N) is 2. The molecule has 5 nitrogen and oxygen atoms in total. The van der Waals surface area contributed by atoms with Gasteiger partial charge < -0.3 is 14.5 Å². The number of halogens is 1. The lowest BCUT2D eigenvalue weighted by Gasteiger charge is -2.03. The first-order chi connectivity index (χ1) is 12.7. The molecule has 0 aliphatic rings. The molecular weight excluding hydrogens is 350 g/mol. The number of anilines is 1. The maximum atomic E-state index is 9.26. The highest BCUT2D eigenvalue weighted by molar-refractivity contribution is 6.30. The zero-order valence-corrected chi connectivity index (χ0v) is 14.8. The fourth-order valence-electron chi connectivity index (χ4n) is 2.35. The molecule has 1 aromatic heterocycles. The highest BCUT2D eigenvalue weighted by Gasteiger charge is 2.11. The number of hydrogen-bond donors (Lipinski definition) is 1. The maximum absolute atomic E-state index is 9.26.